The summed E-state index contributed by atoms with van der Waals surface area (Å²) in [6.45, 7) is 4.67. The minimum Gasteiger partial charge on any atom is -0.469 e. The van der Waals surface area contributed by atoms with E-state index in [1.54, 1.807) is 11.8 Å². The third-order valence-electron chi connectivity index (χ3n) is 4.76. The van der Waals surface area contributed by atoms with Gasteiger partial charge < -0.3 is 9.64 Å². The van der Waals surface area contributed by atoms with Gasteiger partial charge in [0.15, 0.2) is 0 Å². The highest BCUT2D eigenvalue weighted by Gasteiger charge is 2.47. The van der Waals surface area contributed by atoms with Crippen LogP contribution in [0.25, 0.3) is 0 Å². The lowest BCUT2D eigenvalue weighted by molar-refractivity contribution is -0.148. The van der Waals surface area contributed by atoms with Crippen LogP contribution in [0.2, 0.25) is 5.02 Å². The van der Waals surface area contributed by atoms with E-state index in [9.17, 15) is 9.59 Å². The molecule has 23 heavy (non-hydrogen) atoms. The van der Waals surface area contributed by atoms with Crippen LogP contribution in [0.4, 0.5) is 0 Å². The van der Waals surface area contributed by atoms with Crippen LogP contribution in [0, 0.1) is 5.92 Å². The van der Waals surface area contributed by atoms with Gasteiger partial charge in [-0.15, -0.1) is 0 Å². The van der Waals surface area contributed by atoms with Gasteiger partial charge in [-0.2, -0.15) is 0 Å². The maximum atomic E-state index is 13.2. The second kappa shape index (κ2) is 7.35. The summed E-state index contributed by atoms with van der Waals surface area (Å²) in [4.78, 5) is 26.6. The molecule has 0 saturated heterocycles. The maximum absolute atomic E-state index is 13.2. The molecule has 1 fully saturated rings. The number of likely N-dealkylation sites (N-methyl/N-ethyl adjacent to an activating group) is 1. The van der Waals surface area contributed by atoms with E-state index in [4.69, 9.17) is 16.3 Å². The van der Waals surface area contributed by atoms with Crippen molar-refractivity contribution in [2.75, 3.05) is 20.2 Å². The molecule has 1 saturated carbocycles. The van der Waals surface area contributed by atoms with Crippen molar-refractivity contribution in [3.8, 4) is 0 Å². The predicted molar refractivity (Wildman–Crippen MR) is 90.4 cm³/mol. The molecule has 1 aliphatic carbocycles. The van der Waals surface area contributed by atoms with Crippen molar-refractivity contribution >= 4 is 23.5 Å². The number of carbonyl (C=O) groups excluding carboxylic acids is 2. The van der Waals surface area contributed by atoms with Crippen LogP contribution in [0.1, 0.15) is 38.7 Å². The van der Waals surface area contributed by atoms with Gasteiger partial charge >= 0.3 is 5.97 Å². The van der Waals surface area contributed by atoms with Crippen LogP contribution >= 0.6 is 11.6 Å². The van der Waals surface area contributed by atoms with E-state index < -0.39 is 5.41 Å². The van der Waals surface area contributed by atoms with Crippen LogP contribution in [0.3, 0.4) is 0 Å². The molecule has 1 atom stereocenters. The van der Waals surface area contributed by atoms with E-state index >= 15 is 0 Å². The molecule has 0 aliphatic heterocycles. The zero-order valence-corrected chi connectivity index (χ0v) is 14.7. The Morgan fingerprint density at radius 2 is 2.09 bits per heavy atom. The van der Waals surface area contributed by atoms with Gasteiger partial charge in [0.1, 0.15) is 0 Å². The average molecular weight is 338 g/mol. The number of halogens is 1. The number of hydrogen-bond acceptors (Lipinski definition) is 3. The summed E-state index contributed by atoms with van der Waals surface area (Å²) in [5, 5.41) is 0.646. The van der Waals surface area contributed by atoms with Crippen LogP contribution < -0.4 is 0 Å². The summed E-state index contributed by atoms with van der Waals surface area (Å²) >= 11 is 6.11. The number of esters is 1. The quantitative estimate of drug-likeness (QED) is 0.747. The number of hydrogen-bond donors (Lipinski definition) is 0. The molecule has 1 aromatic rings. The molecule has 4 nitrogen and oxygen atoms in total. The van der Waals surface area contributed by atoms with Crippen molar-refractivity contribution in [1.82, 2.24) is 4.90 Å². The Bertz CT molecular complexity index is 583. The van der Waals surface area contributed by atoms with Crippen molar-refractivity contribution < 1.29 is 14.3 Å². The highest BCUT2D eigenvalue weighted by atomic mass is 35.5. The molecular weight excluding hydrogens is 314 g/mol. The molecule has 2 rings (SSSR count). The summed E-state index contributed by atoms with van der Waals surface area (Å²) in [5.41, 5.74) is 0.488. The van der Waals surface area contributed by atoms with E-state index in [-0.39, 0.29) is 17.8 Å². The zero-order chi connectivity index (χ0) is 17.0. The number of carbonyl (C=O) groups is 2. The Kier molecular flexibility index (Phi) is 5.69. The van der Waals surface area contributed by atoms with Gasteiger partial charge in [0.25, 0.3) is 0 Å². The molecule has 1 unspecified atom stereocenters. The second-order valence-electron chi connectivity index (χ2n) is 6.21. The fraction of sp³-hybridized carbons (Fsp3) is 0.556. The van der Waals surface area contributed by atoms with Crippen molar-refractivity contribution in [3.63, 3.8) is 0 Å². The summed E-state index contributed by atoms with van der Waals surface area (Å²) in [6.07, 6.45) is 2.69. The molecule has 126 valence electrons. The highest BCUT2D eigenvalue weighted by molar-refractivity contribution is 6.30. The van der Waals surface area contributed by atoms with Gasteiger partial charge in [0.05, 0.1) is 18.4 Å². The molecule has 0 heterocycles. The Labute approximate surface area is 142 Å². The monoisotopic (exact) mass is 337 g/mol. The van der Waals surface area contributed by atoms with Crippen molar-refractivity contribution in [2.24, 2.45) is 5.92 Å². The molecule has 5 heteroatoms. The summed E-state index contributed by atoms with van der Waals surface area (Å²) in [7, 11) is 1.37. The van der Waals surface area contributed by atoms with Gasteiger partial charge in [-0.3, -0.25) is 9.59 Å². The topological polar surface area (TPSA) is 46.6 Å². The summed E-state index contributed by atoms with van der Waals surface area (Å²) < 4.78 is 4.77. The third kappa shape index (κ3) is 3.52. The first-order chi connectivity index (χ1) is 10.9. The first-order valence-electron chi connectivity index (χ1n) is 8.08. The van der Waals surface area contributed by atoms with E-state index in [0.29, 0.717) is 18.1 Å². The number of rotatable bonds is 6. The van der Waals surface area contributed by atoms with Crippen LogP contribution in [-0.2, 0) is 19.7 Å². The number of ether oxygens (including phenoxy) is 1. The van der Waals surface area contributed by atoms with E-state index in [1.807, 2.05) is 31.2 Å². The Hall–Kier alpha value is -1.55. The molecule has 0 N–H and O–H groups in total. The molecule has 1 aromatic carbocycles. The molecule has 1 aliphatic rings. The molecule has 0 bridgehead atoms. The van der Waals surface area contributed by atoms with Gasteiger partial charge in [0, 0.05) is 18.1 Å². The Balaban J connectivity index is 2.22. The summed E-state index contributed by atoms with van der Waals surface area (Å²) in [6, 6.07) is 7.56. The number of methoxy groups -OCH3 is 1. The molecule has 0 spiro atoms. The molecule has 0 aromatic heterocycles. The SMILES string of the molecule is CCN(CC(C)C(=O)OC)C(=O)C1(c2cccc(Cl)c2)CCC1. The Morgan fingerprint density at radius 3 is 2.57 bits per heavy atom. The lowest BCUT2D eigenvalue weighted by Crippen LogP contribution is -2.52. The van der Waals surface area contributed by atoms with Gasteiger partial charge in [0.2, 0.25) is 5.91 Å². The van der Waals surface area contributed by atoms with Crippen LogP contribution in [0.5, 0.6) is 0 Å². The van der Waals surface area contributed by atoms with Crippen molar-refractivity contribution in [2.45, 2.75) is 38.5 Å². The van der Waals surface area contributed by atoms with E-state index in [2.05, 4.69) is 0 Å². The lowest BCUT2D eigenvalue weighted by Gasteiger charge is -2.44. The molecule has 0 radical (unpaired) electrons. The fourth-order valence-electron chi connectivity index (χ4n) is 3.21. The van der Waals surface area contributed by atoms with Crippen LogP contribution in [0.15, 0.2) is 24.3 Å². The fourth-order valence-corrected chi connectivity index (χ4v) is 3.40. The minimum absolute atomic E-state index is 0.0873. The highest BCUT2D eigenvalue weighted by Crippen LogP contribution is 2.45. The molecular formula is C18H24ClNO3. The molecule has 1 amide bonds. The van der Waals surface area contributed by atoms with Crippen LogP contribution in [-0.4, -0.2) is 37.0 Å². The van der Waals surface area contributed by atoms with E-state index in [0.717, 1.165) is 24.8 Å². The third-order valence-corrected chi connectivity index (χ3v) is 5.00. The van der Waals surface area contributed by atoms with Gasteiger partial charge in [-0.05, 0) is 37.5 Å². The Morgan fingerprint density at radius 1 is 1.39 bits per heavy atom. The first-order valence-corrected chi connectivity index (χ1v) is 8.45. The largest absolute Gasteiger partial charge is 0.469 e. The normalized spacial score (nSPS) is 17.0. The van der Waals surface area contributed by atoms with Crippen molar-refractivity contribution in [1.29, 1.82) is 0 Å². The van der Waals surface area contributed by atoms with E-state index in [1.165, 1.54) is 7.11 Å². The minimum atomic E-state index is -0.489. The number of amides is 1. The van der Waals surface area contributed by atoms with Gasteiger partial charge in [-0.1, -0.05) is 37.1 Å². The predicted octanol–water partition coefficient (Wildman–Crippen LogP) is 3.42. The zero-order valence-electron chi connectivity index (χ0n) is 14.0. The first kappa shape index (κ1) is 17.8. The number of nitrogens with zero attached hydrogens (tertiary/aromatic N) is 1. The maximum Gasteiger partial charge on any atom is 0.310 e. The standard InChI is InChI=1S/C18H24ClNO3/c1-4-20(12-13(2)16(21)23-3)17(22)18(9-6-10-18)14-7-5-8-15(19)11-14/h5,7-8,11,13H,4,6,9-10,12H2,1-3H3. The average Bonchev–Trinajstić information content (AvgIpc) is 2.50. The van der Waals surface area contributed by atoms with Crippen molar-refractivity contribution in [3.05, 3.63) is 34.9 Å². The smallest absolute Gasteiger partial charge is 0.310 e. The lowest BCUT2D eigenvalue weighted by atomic mass is 9.63. The van der Waals surface area contributed by atoms with Gasteiger partial charge in [-0.25, -0.2) is 0 Å². The summed E-state index contributed by atoms with van der Waals surface area (Å²) in [5.74, 6) is -0.536. The number of benzene rings is 1. The second-order valence-corrected chi connectivity index (χ2v) is 6.65.